The summed E-state index contributed by atoms with van der Waals surface area (Å²) < 4.78 is 0. The molecule has 1 aliphatic heterocycles. The van der Waals surface area contributed by atoms with Crippen molar-refractivity contribution in [1.29, 1.82) is 0 Å². The number of carbonyl (C=O) groups excluding carboxylic acids is 4. The Balaban J connectivity index is 2.90. The Hall–Kier alpha value is -1.52. The van der Waals surface area contributed by atoms with Crippen LogP contribution in [0.3, 0.4) is 0 Å². The largest absolute Gasteiger partial charge is 0.299 e. The molecular formula is C9H11NO4. The van der Waals surface area contributed by atoms with Crippen LogP contribution in [-0.2, 0) is 19.2 Å². The summed E-state index contributed by atoms with van der Waals surface area (Å²) in [4.78, 5) is 44.3. The van der Waals surface area contributed by atoms with E-state index in [1.807, 2.05) is 0 Å². The minimum atomic E-state index is -0.971. The summed E-state index contributed by atoms with van der Waals surface area (Å²) in [7, 11) is 0. The third kappa shape index (κ3) is 1.86. The molecule has 1 saturated heterocycles. The van der Waals surface area contributed by atoms with Gasteiger partial charge in [-0.05, 0) is 13.8 Å². The van der Waals surface area contributed by atoms with Crippen molar-refractivity contribution in [3.05, 3.63) is 0 Å². The summed E-state index contributed by atoms with van der Waals surface area (Å²) in [6, 6.07) is 0. The Kier molecular flexibility index (Phi) is 2.78. The van der Waals surface area contributed by atoms with Crippen molar-refractivity contribution in [2.24, 2.45) is 11.8 Å². The summed E-state index contributed by atoms with van der Waals surface area (Å²) in [5.41, 5.74) is 0. The molecule has 0 spiro atoms. The average molecular weight is 197 g/mol. The zero-order valence-corrected chi connectivity index (χ0v) is 7.99. The molecule has 1 rings (SSSR count). The fourth-order valence-corrected chi connectivity index (χ4v) is 1.70. The lowest BCUT2D eigenvalue weighted by Gasteiger charge is -2.14. The molecule has 0 aliphatic carbocycles. The number of Topliss-reactive ketones (excluding diaryl/α,β-unsaturated/α-hetero) is 2. The van der Waals surface area contributed by atoms with Gasteiger partial charge in [-0.25, -0.2) is 0 Å². The highest BCUT2D eigenvalue weighted by molar-refractivity contribution is 6.10. The molecule has 5 heteroatoms. The Bertz CT molecular complexity index is 307. The number of amides is 2. The Labute approximate surface area is 80.8 Å². The summed E-state index contributed by atoms with van der Waals surface area (Å²) in [6.07, 6.45) is -0.0668. The van der Waals surface area contributed by atoms with Gasteiger partial charge in [0.15, 0.2) is 0 Å². The van der Waals surface area contributed by atoms with E-state index in [-0.39, 0.29) is 18.0 Å². The van der Waals surface area contributed by atoms with E-state index < -0.39 is 23.7 Å². The highest BCUT2D eigenvalue weighted by atomic mass is 16.2. The summed E-state index contributed by atoms with van der Waals surface area (Å²) in [5.74, 6) is -3.46. The SMILES string of the molecule is CC(=O)C(C(C)=O)[C@@H]1CC(=O)NC1=O. The van der Waals surface area contributed by atoms with Crippen LogP contribution in [0.5, 0.6) is 0 Å². The Morgan fingerprint density at radius 3 is 2.07 bits per heavy atom. The van der Waals surface area contributed by atoms with Crippen LogP contribution < -0.4 is 5.32 Å². The standard InChI is InChI=1S/C9H11NO4/c1-4(11)8(5(2)12)6-3-7(13)10-9(6)14/h6,8H,3H2,1-2H3,(H,10,13,14)/t6-/m0/s1. The minimum Gasteiger partial charge on any atom is -0.299 e. The smallest absolute Gasteiger partial charge is 0.231 e. The van der Waals surface area contributed by atoms with Crippen molar-refractivity contribution in [2.75, 3.05) is 0 Å². The highest BCUT2D eigenvalue weighted by Gasteiger charge is 2.41. The van der Waals surface area contributed by atoms with Gasteiger partial charge in [0, 0.05) is 6.42 Å². The van der Waals surface area contributed by atoms with Crippen molar-refractivity contribution >= 4 is 23.4 Å². The Morgan fingerprint density at radius 2 is 1.79 bits per heavy atom. The molecule has 76 valence electrons. The Morgan fingerprint density at radius 1 is 1.29 bits per heavy atom. The molecule has 14 heavy (non-hydrogen) atoms. The number of hydrogen-bond acceptors (Lipinski definition) is 4. The van der Waals surface area contributed by atoms with Gasteiger partial charge in [-0.2, -0.15) is 0 Å². The van der Waals surface area contributed by atoms with E-state index in [1.165, 1.54) is 13.8 Å². The van der Waals surface area contributed by atoms with Crippen molar-refractivity contribution in [3.8, 4) is 0 Å². The van der Waals surface area contributed by atoms with Gasteiger partial charge in [-0.3, -0.25) is 24.5 Å². The first kappa shape index (κ1) is 10.6. The summed E-state index contributed by atoms with van der Waals surface area (Å²) in [6.45, 7) is 2.50. The van der Waals surface area contributed by atoms with E-state index in [1.54, 1.807) is 0 Å². The van der Waals surface area contributed by atoms with Gasteiger partial charge in [0.05, 0.1) is 11.8 Å². The molecule has 0 radical (unpaired) electrons. The molecule has 2 amide bonds. The number of ketones is 2. The van der Waals surface area contributed by atoms with Crippen LogP contribution in [0.4, 0.5) is 0 Å². The van der Waals surface area contributed by atoms with Crippen LogP contribution in [0.15, 0.2) is 0 Å². The number of rotatable bonds is 3. The second-order valence-corrected chi connectivity index (χ2v) is 3.42. The fourth-order valence-electron chi connectivity index (χ4n) is 1.70. The molecule has 0 aromatic rings. The van der Waals surface area contributed by atoms with Gasteiger partial charge in [-0.15, -0.1) is 0 Å². The predicted octanol–water partition coefficient (Wildman–Crippen LogP) is -0.557. The van der Waals surface area contributed by atoms with Crippen LogP contribution in [0.25, 0.3) is 0 Å². The molecule has 0 unspecified atom stereocenters. The van der Waals surface area contributed by atoms with Crippen molar-refractivity contribution in [1.82, 2.24) is 5.32 Å². The summed E-state index contributed by atoms with van der Waals surface area (Å²) in [5, 5.41) is 2.07. The molecular weight excluding hydrogens is 186 g/mol. The van der Waals surface area contributed by atoms with Crippen molar-refractivity contribution < 1.29 is 19.2 Å². The first-order chi connectivity index (χ1) is 6.43. The second kappa shape index (κ2) is 3.69. The van der Waals surface area contributed by atoms with E-state index in [0.717, 1.165) is 0 Å². The molecule has 5 nitrogen and oxygen atoms in total. The van der Waals surface area contributed by atoms with Crippen molar-refractivity contribution in [3.63, 3.8) is 0 Å². The maximum atomic E-state index is 11.2. The van der Waals surface area contributed by atoms with Gasteiger partial charge in [-0.1, -0.05) is 0 Å². The van der Waals surface area contributed by atoms with E-state index >= 15 is 0 Å². The lowest BCUT2D eigenvalue weighted by molar-refractivity contribution is -0.138. The van der Waals surface area contributed by atoms with Crippen LogP contribution in [0.2, 0.25) is 0 Å². The van der Waals surface area contributed by atoms with Crippen LogP contribution in [0, 0.1) is 11.8 Å². The molecule has 0 aromatic carbocycles. The quantitative estimate of drug-likeness (QED) is 0.486. The van der Waals surface area contributed by atoms with E-state index in [0.29, 0.717) is 0 Å². The maximum Gasteiger partial charge on any atom is 0.231 e. The lowest BCUT2D eigenvalue weighted by Crippen LogP contribution is -2.33. The van der Waals surface area contributed by atoms with Gasteiger partial charge in [0.1, 0.15) is 11.6 Å². The number of hydrogen-bond donors (Lipinski definition) is 1. The lowest BCUT2D eigenvalue weighted by atomic mass is 9.85. The highest BCUT2D eigenvalue weighted by Crippen LogP contribution is 2.22. The van der Waals surface area contributed by atoms with E-state index in [4.69, 9.17) is 0 Å². The zero-order valence-electron chi connectivity index (χ0n) is 7.99. The molecule has 0 aromatic heterocycles. The van der Waals surface area contributed by atoms with Crippen molar-refractivity contribution in [2.45, 2.75) is 20.3 Å². The average Bonchev–Trinajstić information content (AvgIpc) is 2.29. The molecule has 1 fully saturated rings. The van der Waals surface area contributed by atoms with Crippen LogP contribution >= 0.6 is 0 Å². The number of nitrogens with one attached hydrogen (secondary N) is 1. The van der Waals surface area contributed by atoms with E-state index in [2.05, 4.69) is 5.32 Å². The zero-order chi connectivity index (χ0) is 10.9. The normalized spacial score (nSPS) is 21.2. The molecule has 0 bridgehead atoms. The molecule has 0 saturated carbocycles. The van der Waals surface area contributed by atoms with Gasteiger partial charge >= 0.3 is 0 Å². The third-order valence-electron chi connectivity index (χ3n) is 2.28. The third-order valence-corrected chi connectivity index (χ3v) is 2.28. The molecule has 1 aliphatic rings. The second-order valence-electron chi connectivity index (χ2n) is 3.42. The minimum absolute atomic E-state index is 0.0668. The first-order valence-electron chi connectivity index (χ1n) is 4.28. The fraction of sp³-hybridized carbons (Fsp3) is 0.556. The molecule has 1 atom stereocenters. The monoisotopic (exact) mass is 197 g/mol. The number of carbonyl (C=O) groups is 4. The molecule has 1 N–H and O–H groups in total. The number of imide groups is 1. The van der Waals surface area contributed by atoms with Crippen LogP contribution in [0.1, 0.15) is 20.3 Å². The first-order valence-corrected chi connectivity index (χ1v) is 4.28. The van der Waals surface area contributed by atoms with Gasteiger partial charge in [0.25, 0.3) is 0 Å². The van der Waals surface area contributed by atoms with E-state index in [9.17, 15) is 19.2 Å². The topological polar surface area (TPSA) is 80.3 Å². The predicted molar refractivity (Wildman–Crippen MR) is 46.1 cm³/mol. The van der Waals surface area contributed by atoms with Gasteiger partial charge < -0.3 is 0 Å². The summed E-state index contributed by atoms with van der Waals surface area (Å²) >= 11 is 0. The van der Waals surface area contributed by atoms with Crippen LogP contribution in [-0.4, -0.2) is 23.4 Å². The molecule has 1 heterocycles. The maximum absolute atomic E-state index is 11.2. The van der Waals surface area contributed by atoms with Gasteiger partial charge in [0.2, 0.25) is 11.8 Å².